The number of nitrogens with zero attached hydrogens (tertiary/aromatic N) is 3. The fourth-order valence-corrected chi connectivity index (χ4v) is 3.55. The number of hydrogen-bond acceptors (Lipinski definition) is 4. The van der Waals surface area contributed by atoms with E-state index in [4.69, 9.17) is 4.74 Å². The Kier molecular flexibility index (Phi) is 6.40. The Hall–Kier alpha value is -2.47. The van der Waals surface area contributed by atoms with E-state index >= 15 is 0 Å². The normalized spacial score (nSPS) is 16.2. The highest BCUT2D eigenvalue weighted by Crippen LogP contribution is 2.20. The Labute approximate surface area is 159 Å². The molecule has 0 unspecified atom stereocenters. The molecule has 0 radical (unpaired) electrons. The zero-order chi connectivity index (χ0) is 19.2. The minimum Gasteiger partial charge on any atom is -0.494 e. The summed E-state index contributed by atoms with van der Waals surface area (Å²) in [6.45, 7) is 6.26. The summed E-state index contributed by atoms with van der Waals surface area (Å²) in [7, 11) is 1.47. The van der Waals surface area contributed by atoms with Crippen molar-refractivity contribution in [3.05, 3.63) is 59.7 Å². The van der Waals surface area contributed by atoms with Crippen molar-refractivity contribution in [3.8, 4) is 5.75 Å². The first kappa shape index (κ1) is 19.3. The molecule has 3 rings (SSSR count). The summed E-state index contributed by atoms with van der Waals surface area (Å²) < 4.78 is 18.8. The standard InChI is InChI=1S/C21H26FN3O2/c1-16(12-17-5-6-20(27-2)19(22)13-17)15-24-8-10-25(11-9-24)21(26)18-4-3-7-23-14-18/h3-7,13-14,16H,8-12,15H2,1-2H3/t16-/m1/s1. The number of aromatic nitrogens is 1. The fraction of sp³-hybridized carbons (Fsp3) is 0.429. The summed E-state index contributed by atoms with van der Waals surface area (Å²) in [6, 6.07) is 8.74. The van der Waals surface area contributed by atoms with Crippen LogP contribution in [0.15, 0.2) is 42.7 Å². The third-order valence-corrected chi connectivity index (χ3v) is 4.94. The van der Waals surface area contributed by atoms with Crippen LogP contribution in [0.1, 0.15) is 22.8 Å². The number of halogens is 1. The van der Waals surface area contributed by atoms with Gasteiger partial charge in [0.1, 0.15) is 0 Å². The molecule has 0 N–H and O–H groups in total. The van der Waals surface area contributed by atoms with Gasteiger partial charge in [0.15, 0.2) is 11.6 Å². The smallest absolute Gasteiger partial charge is 0.255 e. The van der Waals surface area contributed by atoms with E-state index in [0.29, 0.717) is 11.5 Å². The van der Waals surface area contributed by atoms with Crippen molar-refractivity contribution in [2.24, 2.45) is 5.92 Å². The van der Waals surface area contributed by atoms with Crippen LogP contribution in [0.2, 0.25) is 0 Å². The molecule has 1 fully saturated rings. The van der Waals surface area contributed by atoms with Gasteiger partial charge >= 0.3 is 0 Å². The molecule has 27 heavy (non-hydrogen) atoms. The number of methoxy groups -OCH3 is 1. The molecule has 2 heterocycles. The van der Waals surface area contributed by atoms with Crippen molar-refractivity contribution in [2.75, 3.05) is 39.8 Å². The Morgan fingerprint density at radius 1 is 1.26 bits per heavy atom. The van der Waals surface area contributed by atoms with Gasteiger partial charge in [0.05, 0.1) is 12.7 Å². The van der Waals surface area contributed by atoms with Gasteiger partial charge in [-0.3, -0.25) is 14.7 Å². The quantitative estimate of drug-likeness (QED) is 0.783. The van der Waals surface area contributed by atoms with Crippen molar-refractivity contribution in [2.45, 2.75) is 13.3 Å². The summed E-state index contributed by atoms with van der Waals surface area (Å²) in [5.41, 5.74) is 1.62. The second kappa shape index (κ2) is 8.95. The Morgan fingerprint density at radius 3 is 2.67 bits per heavy atom. The van der Waals surface area contributed by atoms with E-state index in [-0.39, 0.29) is 17.5 Å². The van der Waals surface area contributed by atoms with Crippen LogP contribution in [0.4, 0.5) is 4.39 Å². The average molecular weight is 371 g/mol. The highest BCUT2D eigenvalue weighted by atomic mass is 19.1. The second-order valence-corrected chi connectivity index (χ2v) is 7.11. The largest absolute Gasteiger partial charge is 0.494 e. The summed E-state index contributed by atoms with van der Waals surface area (Å²) in [5, 5.41) is 0. The van der Waals surface area contributed by atoms with Crippen molar-refractivity contribution in [1.29, 1.82) is 0 Å². The molecule has 0 aliphatic carbocycles. The van der Waals surface area contributed by atoms with E-state index in [1.54, 1.807) is 36.7 Å². The van der Waals surface area contributed by atoms with E-state index in [0.717, 1.165) is 44.7 Å². The van der Waals surface area contributed by atoms with E-state index in [9.17, 15) is 9.18 Å². The third kappa shape index (κ3) is 5.04. The molecule has 0 saturated carbocycles. The number of pyridine rings is 1. The lowest BCUT2D eigenvalue weighted by molar-refractivity contribution is 0.0620. The van der Waals surface area contributed by atoms with Gasteiger partial charge in [-0.05, 0) is 42.2 Å². The van der Waals surface area contributed by atoms with Gasteiger partial charge in [0.25, 0.3) is 5.91 Å². The second-order valence-electron chi connectivity index (χ2n) is 7.11. The van der Waals surface area contributed by atoms with E-state index in [1.165, 1.54) is 7.11 Å². The lowest BCUT2D eigenvalue weighted by Gasteiger charge is -2.36. The number of piperazine rings is 1. The summed E-state index contributed by atoms with van der Waals surface area (Å²) in [5.74, 6) is 0.411. The van der Waals surface area contributed by atoms with Crippen LogP contribution in [0.3, 0.4) is 0 Å². The number of benzene rings is 1. The molecular weight excluding hydrogens is 345 g/mol. The van der Waals surface area contributed by atoms with Crippen LogP contribution >= 0.6 is 0 Å². The van der Waals surface area contributed by atoms with E-state index < -0.39 is 0 Å². The van der Waals surface area contributed by atoms with Gasteiger partial charge in [-0.2, -0.15) is 0 Å². The molecule has 1 aromatic heterocycles. The molecule has 1 aliphatic rings. The molecule has 0 bridgehead atoms. The molecular formula is C21H26FN3O2. The van der Waals surface area contributed by atoms with Gasteiger partial charge in [0.2, 0.25) is 0 Å². The van der Waals surface area contributed by atoms with Gasteiger partial charge in [-0.15, -0.1) is 0 Å². The van der Waals surface area contributed by atoms with Gasteiger partial charge in [-0.1, -0.05) is 13.0 Å². The predicted octanol–water partition coefficient (Wildman–Crippen LogP) is 2.87. The Balaban J connectivity index is 1.47. The molecule has 5 nitrogen and oxygen atoms in total. The molecule has 2 aromatic rings. The minimum absolute atomic E-state index is 0.0458. The number of carbonyl (C=O) groups is 1. The summed E-state index contributed by atoms with van der Waals surface area (Å²) in [6.07, 6.45) is 4.10. The number of ether oxygens (including phenoxy) is 1. The van der Waals surface area contributed by atoms with E-state index in [2.05, 4.69) is 16.8 Å². The first-order chi connectivity index (χ1) is 13.1. The van der Waals surface area contributed by atoms with Crippen LogP contribution < -0.4 is 4.74 Å². The maximum absolute atomic E-state index is 13.8. The van der Waals surface area contributed by atoms with Gasteiger partial charge < -0.3 is 9.64 Å². The van der Waals surface area contributed by atoms with Crippen LogP contribution in [-0.2, 0) is 6.42 Å². The predicted molar refractivity (Wildman–Crippen MR) is 102 cm³/mol. The van der Waals surface area contributed by atoms with Gasteiger partial charge in [0, 0.05) is 45.1 Å². The summed E-state index contributed by atoms with van der Waals surface area (Å²) in [4.78, 5) is 20.8. The molecule has 1 aromatic carbocycles. The van der Waals surface area contributed by atoms with Crippen molar-refractivity contribution in [3.63, 3.8) is 0 Å². The maximum atomic E-state index is 13.8. The number of rotatable bonds is 6. The topological polar surface area (TPSA) is 45.7 Å². The monoisotopic (exact) mass is 371 g/mol. The van der Waals surface area contributed by atoms with Crippen molar-refractivity contribution in [1.82, 2.24) is 14.8 Å². The molecule has 144 valence electrons. The minimum atomic E-state index is -0.315. The molecule has 6 heteroatoms. The molecule has 1 atom stereocenters. The highest BCUT2D eigenvalue weighted by molar-refractivity contribution is 5.93. The van der Waals surface area contributed by atoms with Crippen LogP contribution in [0.25, 0.3) is 0 Å². The third-order valence-electron chi connectivity index (χ3n) is 4.94. The first-order valence-corrected chi connectivity index (χ1v) is 9.31. The number of hydrogen-bond donors (Lipinski definition) is 0. The van der Waals surface area contributed by atoms with Gasteiger partial charge in [-0.25, -0.2) is 4.39 Å². The van der Waals surface area contributed by atoms with Crippen LogP contribution in [-0.4, -0.2) is 60.5 Å². The lowest BCUT2D eigenvalue weighted by atomic mass is 10.00. The zero-order valence-electron chi connectivity index (χ0n) is 15.9. The van der Waals surface area contributed by atoms with Crippen molar-refractivity contribution < 1.29 is 13.9 Å². The fourth-order valence-electron chi connectivity index (χ4n) is 3.55. The zero-order valence-corrected chi connectivity index (χ0v) is 15.9. The first-order valence-electron chi connectivity index (χ1n) is 9.31. The average Bonchev–Trinajstić information content (AvgIpc) is 2.69. The number of carbonyl (C=O) groups excluding carboxylic acids is 1. The lowest BCUT2D eigenvalue weighted by Crippen LogP contribution is -2.49. The SMILES string of the molecule is COc1ccc(C[C@@H](C)CN2CCN(C(=O)c3cccnc3)CC2)cc1F. The highest BCUT2D eigenvalue weighted by Gasteiger charge is 2.23. The van der Waals surface area contributed by atoms with E-state index in [1.807, 2.05) is 11.0 Å². The summed E-state index contributed by atoms with van der Waals surface area (Å²) >= 11 is 0. The van der Waals surface area contributed by atoms with Crippen LogP contribution in [0, 0.1) is 11.7 Å². The molecule has 1 saturated heterocycles. The molecule has 1 amide bonds. The Morgan fingerprint density at radius 2 is 2.04 bits per heavy atom. The maximum Gasteiger partial charge on any atom is 0.255 e. The molecule has 1 aliphatic heterocycles. The van der Waals surface area contributed by atoms with Crippen LogP contribution in [0.5, 0.6) is 5.75 Å². The Bertz CT molecular complexity index is 761. The van der Waals surface area contributed by atoms with Crippen molar-refractivity contribution >= 4 is 5.91 Å². The number of amides is 1. The molecule has 0 spiro atoms.